The van der Waals surface area contributed by atoms with Gasteiger partial charge in [0.2, 0.25) is 5.91 Å². The SMILES string of the molecule is CCCNC(=O)[C@H](C)[S@](=O)Cc1ccc(Br)s1. The summed E-state index contributed by atoms with van der Waals surface area (Å²) >= 11 is 4.92. The van der Waals surface area contributed by atoms with E-state index in [9.17, 15) is 9.00 Å². The van der Waals surface area contributed by atoms with Crippen LogP contribution in [-0.2, 0) is 21.3 Å². The standard InChI is InChI=1S/C11H16BrNO2S2/c1-3-6-13-11(14)8(2)17(15)7-9-4-5-10(12)16-9/h4-5,8H,3,6-7H2,1-2H3,(H,13,14)/t8-,17+/m0/s1. The van der Waals surface area contributed by atoms with E-state index in [1.54, 1.807) is 18.3 Å². The lowest BCUT2D eigenvalue weighted by Gasteiger charge is -2.10. The van der Waals surface area contributed by atoms with Crippen LogP contribution in [0.4, 0.5) is 0 Å². The Hall–Kier alpha value is -0.200. The van der Waals surface area contributed by atoms with Crippen LogP contribution in [0.5, 0.6) is 0 Å². The summed E-state index contributed by atoms with van der Waals surface area (Å²) in [5.74, 6) is 0.317. The lowest BCUT2D eigenvalue weighted by Crippen LogP contribution is -2.36. The average molecular weight is 338 g/mol. The molecule has 0 aliphatic heterocycles. The van der Waals surface area contributed by atoms with Gasteiger partial charge in [0.25, 0.3) is 0 Å². The van der Waals surface area contributed by atoms with E-state index >= 15 is 0 Å². The van der Waals surface area contributed by atoms with Gasteiger partial charge in [0.1, 0.15) is 5.25 Å². The summed E-state index contributed by atoms with van der Waals surface area (Å²) in [5, 5.41) is 2.31. The van der Waals surface area contributed by atoms with E-state index in [0.29, 0.717) is 12.3 Å². The molecule has 1 N–H and O–H groups in total. The van der Waals surface area contributed by atoms with Crippen molar-refractivity contribution in [3.05, 3.63) is 20.8 Å². The summed E-state index contributed by atoms with van der Waals surface area (Å²) in [7, 11) is -1.16. The van der Waals surface area contributed by atoms with E-state index in [2.05, 4.69) is 21.2 Å². The van der Waals surface area contributed by atoms with Gasteiger partial charge in [-0.2, -0.15) is 0 Å². The number of rotatable bonds is 6. The van der Waals surface area contributed by atoms with E-state index in [0.717, 1.165) is 15.1 Å². The first kappa shape index (κ1) is 14.9. The second kappa shape index (κ2) is 7.28. The molecule has 0 radical (unpaired) electrons. The Morgan fingerprint density at radius 1 is 1.59 bits per heavy atom. The van der Waals surface area contributed by atoms with Crippen LogP contribution in [0.2, 0.25) is 0 Å². The minimum atomic E-state index is -1.16. The van der Waals surface area contributed by atoms with Crippen LogP contribution < -0.4 is 5.32 Å². The highest BCUT2D eigenvalue weighted by Crippen LogP contribution is 2.23. The van der Waals surface area contributed by atoms with Gasteiger partial charge in [-0.3, -0.25) is 9.00 Å². The van der Waals surface area contributed by atoms with Crippen molar-refractivity contribution in [3.8, 4) is 0 Å². The highest BCUT2D eigenvalue weighted by Gasteiger charge is 2.20. The molecular weight excluding hydrogens is 322 g/mol. The molecule has 17 heavy (non-hydrogen) atoms. The minimum Gasteiger partial charge on any atom is -0.355 e. The molecule has 0 aliphatic rings. The maximum absolute atomic E-state index is 12.0. The van der Waals surface area contributed by atoms with Crippen molar-refractivity contribution >= 4 is 44.0 Å². The van der Waals surface area contributed by atoms with Crippen LogP contribution in [0.3, 0.4) is 0 Å². The second-order valence-electron chi connectivity index (χ2n) is 3.66. The topological polar surface area (TPSA) is 46.2 Å². The molecule has 0 aromatic carbocycles. The van der Waals surface area contributed by atoms with Crippen molar-refractivity contribution in [2.75, 3.05) is 6.54 Å². The first-order valence-electron chi connectivity index (χ1n) is 5.43. The van der Waals surface area contributed by atoms with E-state index in [1.807, 2.05) is 19.1 Å². The third-order valence-corrected chi connectivity index (χ3v) is 5.63. The molecule has 0 saturated carbocycles. The fourth-order valence-electron chi connectivity index (χ4n) is 1.21. The molecule has 2 atom stereocenters. The molecular formula is C11H16BrNO2S2. The molecule has 0 bridgehead atoms. The number of hydrogen-bond donors (Lipinski definition) is 1. The Kier molecular flexibility index (Phi) is 6.37. The maximum atomic E-state index is 12.0. The van der Waals surface area contributed by atoms with Gasteiger partial charge in [-0.1, -0.05) is 6.92 Å². The van der Waals surface area contributed by atoms with Gasteiger partial charge < -0.3 is 5.32 Å². The molecule has 1 heterocycles. The zero-order chi connectivity index (χ0) is 12.8. The number of thiophene rings is 1. The molecule has 96 valence electrons. The number of carbonyl (C=O) groups is 1. The molecule has 0 unspecified atom stereocenters. The second-order valence-corrected chi connectivity index (χ2v) is 7.97. The fourth-order valence-corrected chi connectivity index (χ4v) is 4.02. The molecule has 1 aromatic rings. The lowest BCUT2D eigenvalue weighted by molar-refractivity contribution is -0.120. The van der Waals surface area contributed by atoms with Gasteiger partial charge in [0.05, 0.1) is 9.54 Å². The monoisotopic (exact) mass is 337 g/mol. The normalized spacial score (nSPS) is 14.3. The highest BCUT2D eigenvalue weighted by atomic mass is 79.9. The van der Waals surface area contributed by atoms with Crippen molar-refractivity contribution in [3.63, 3.8) is 0 Å². The van der Waals surface area contributed by atoms with Gasteiger partial charge in [-0.05, 0) is 41.4 Å². The third kappa shape index (κ3) is 4.89. The summed E-state index contributed by atoms with van der Waals surface area (Å²) in [6.07, 6.45) is 0.892. The van der Waals surface area contributed by atoms with Crippen molar-refractivity contribution in [2.24, 2.45) is 0 Å². The summed E-state index contributed by atoms with van der Waals surface area (Å²) in [5.41, 5.74) is 0. The van der Waals surface area contributed by atoms with Crippen LogP contribution in [-0.4, -0.2) is 21.9 Å². The molecule has 1 aromatic heterocycles. The highest BCUT2D eigenvalue weighted by molar-refractivity contribution is 9.11. The first-order chi connectivity index (χ1) is 8.04. The lowest BCUT2D eigenvalue weighted by atomic mass is 10.4. The van der Waals surface area contributed by atoms with Crippen molar-refractivity contribution in [1.82, 2.24) is 5.32 Å². The van der Waals surface area contributed by atoms with Crippen LogP contribution >= 0.6 is 27.3 Å². The Bertz CT molecular complexity index is 406. The quantitative estimate of drug-likeness (QED) is 0.867. The van der Waals surface area contributed by atoms with Crippen LogP contribution in [0, 0.1) is 0 Å². The Labute approximate surface area is 117 Å². The van der Waals surface area contributed by atoms with E-state index in [4.69, 9.17) is 0 Å². The number of nitrogens with one attached hydrogen (secondary N) is 1. The van der Waals surface area contributed by atoms with Crippen molar-refractivity contribution in [1.29, 1.82) is 0 Å². The predicted octanol–water partition coefficient (Wildman–Crippen LogP) is 2.67. The predicted molar refractivity (Wildman–Crippen MR) is 76.6 cm³/mol. The van der Waals surface area contributed by atoms with E-state index in [-0.39, 0.29) is 5.91 Å². The maximum Gasteiger partial charge on any atom is 0.235 e. The van der Waals surface area contributed by atoms with E-state index < -0.39 is 16.0 Å². The third-order valence-electron chi connectivity index (χ3n) is 2.23. The average Bonchev–Trinajstić information content (AvgIpc) is 2.70. The smallest absolute Gasteiger partial charge is 0.235 e. The number of amides is 1. The van der Waals surface area contributed by atoms with Crippen molar-refractivity contribution in [2.45, 2.75) is 31.3 Å². The summed E-state index contributed by atoms with van der Waals surface area (Å²) in [6, 6.07) is 3.86. The summed E-state index contributed by atoms with van der Waals surface area (Å²) in [4.78, 5) is 12.7. The first-order valence-corrected chi connectivity index (χ1v) is 8.42. The number of halogens is 1. The molecule has 0 fully saturated rings. The Morgan fingerprint density at radius 2 is 2.29 bits per heavy atom. The molecule has 0 aliphatic carbocycles. The van der Waals surface area contributed by atoms with Crippen molar-refractivity contribution < 1.29 is 9.00 Å². The fraction of sp³-hybridized carbons (Fsp3) is 0.545. The van der Waals surface area contributed by atoms with Gasteiger partial charge >= 0.3 is 0 Å². The van der Waals surface area contributed by atoms with Gasteiger partial charge in [-0.25, -0.2) is 0 Å². The van der Waals surface area contributed by atoms with Crippen LogP contribution in [0.25, 0.3) is 0 Å². The van der Waals surface area contributed by atoms with Gasteiger partial charge in [0, 0.05) is 22.2 Å². The molecule has 1 rings (SSSR count). The Balaban J connectivity index is 2.49. The summed E-state index contributed by atoms with van der Waals surface area (Å²) < 4.78 is 13.0. The molecule has 0 spiro atoms. The van der Waals surface area contributed by atoms with Crippen LogP contribution in [0.15, 0.2) is 15.9 Å². The zero-order valence-electron chi connectivity index (χ0n) is 9.86. The number of carbonyl (C=O) groups excluding carboxylic acids is 1. The molecule has 0 saturated heterocycles. The minimum absolute atomic E-state index is 0.124. The molecule has 6 heteroatoms. The van der Waals surface area contributed by atoms with Crippen LogP contribution in [0.1, 0.15) is 25.1 Å². The van der Waals surface area contributed by atoms with Gasteiger partial charge in [0.15, 0.2) is 0 Å². The molecule has 3 nitrogen and oxygen atoms in total. The molecule has 1 amide bonds. The largest absolute Gasteiger partial charge is 0.355 e. The van der Waals surface area contributed by atoms with Gasteiger partial charge in [-0.15, -0.1) is 11.3 Å². The number of hydrogen-bond acceptors (Lipinski definition) is 3. The zero-order valence-corrected chi connectivity index (χ0v) is 13.1. The Morgan fingerprint density at radius 3 is 2.82 bits per heavy atom. The van der Waals surface area contributed by atoms with E-state index in [1.165, 1.54) is 0 Å². The summed E-state index contributed by atoms with van der Waals surface area (Å²) in [6.45, 7) is 4.35.